The topological polar surface area (TPSA) is 57.6 Å². The summed E-state index contributed by atoms with van der Waals surface area (Å²) in [6, 6.07) is 5.47. The van der Waals surface area contributed by atoms with Gasteiger partial charge in [-0.15, -0.1) is 0 Å². The summed E-state index contributed by atoms with van der Waals surface area (Å²) in [6.45, 7) is 3.38. The van der Waals surface area contributed by atoms with Gasteiger partial charge in [0.1, 0.15) is 0 Å². The van der Waals surface area contributed by atoms with Crippen LogP contribution in [0.4, 0.5) is 0 Å². The van der Waals surface area contributed by atoms with E-state index in [1.807, 2.05) is 30.0 Å². The van der Waals surface area contributed by atoms with E-state index < -0.39 is 0 Å². The summed E-state index contributed by atoms with van der Waals surface area (Å²) >= 11 is 0. The first-order valence-electron chi connectivity index (χ1n) is 8.24. The van der Waals surface area contributed by atoms with Crippen molar-refractivity contribution in [2.45, 2.75) is 45.1 Å². The monoisotopic (exact) mass is 301 g/mol. The fraction of sp³-hybridized carbons (Fsp3) is 0.556. The molecular weight excluding hydrogens is 278 g/mol. The number of hydrogen-bond acceptors (Lipinski definition) is 3. The molecule has 2 aliphatic rings. The van der Waals surface area contributed by atoms with Crippen molar-refractivity contribution in [3.63, 3.8) is 0 Å². The maximum atomic E-state index is 12.8. The predicted molar refractivity (Wildman–Crippen MR) is 84.0 cm³/mol. The van der Waals surface area contributed by atoms with Crippen molar-refractivity contribution in [2.24, 2.45) is 5.92 Å². The van der Waals surface area contributed by atoms with Crippen LogP contribution in [0.5, 0.6) is 0 Å². The van der Waals surface area contributed by atoms with Crippen LogP contribution in [0.1, 0.15) is 58.9 Å². The normalized spacial score (nSPS) is 20.1. The Bertz CT molecular complexity index is 588. The molecule has 1 aromatic rings. The maximum absolute atomic E-state index is 12.8. The number of nitrogens with zero attached hydrogens (tertiary/aromatic N) is 1. The number of fused-ring (bicyclic) bond motifs is 1. The van der Waals surface area contributed by atoms with Crippen molar-refractivity contribution < 1.29 is 14.7 Å². The van der Waals surface area contributed by atoms with Gasteiger partial charge in [0.05, 0.1) is 6.10 Å². The Morgan fingerprint density at radius 3 is 2.73 bits per heavy atom. The van der Waals surface area contributed by atoms with Crippen LogP contribution < -0.4 is 0 Å². The van der Waals surface area contributed by atoms with Gasteiger partial charge < -0.3 is 10.0 Å². The molecule has 1 amide bonds. The Morgan fingerprint density at radius 2 is 2.05 bits per heavy atom. The first kappa shape index (κ1) is 15.2. The van der Waals surface area contributed by atoms with Crippen molar-refractivity contribution in [3.8, 4) is 0 Å². The van der Waals surface area contributed by atoms with Crippen LogP contribution in [-0.2, 0) is 6.42 Å². The summed E-state index contributed by atoms with van der Waals surface area (Å²) in [5, 5.41) is 9.94. The standard InChI is InChI=1S/C18H23NO3/c1-2-16(20)12-8-10-19(11-9-12)18(22)15-5-3-4-14-13(15)6-7-17(14)21/h3-5,12,16,20H,2,6-11H2,1H3/t16-/m1/s1. The fourth-order valence-electron chi connectivity index (χ4n) is 3.68. The summed E-state index contributed by atoms with van der Waals surface area (Å²) in [6.07, 6.45) is 3.43. The van der Waals surface area contributed by atoms with E-state index in [0.717, 1.165) is 30.4 Å². The second-order valence-electron chi connectivity index (χ2n) is 6.36. The van der Waals surface area contributed by atoms with Gasteiger partial charge in [-0.1, -0.05) is 19.1 Å². The van der Waals surface area contributed by atoms with Gasteiger partial charge in [0.2, 0.25) is 0 Å². The molecule has 1 N–H and O–H groups in total. The molecule has 1 aliphatic heterocycles. The number of hydrogen-bond donors (Lipinski definition) is 1. The van der Waals surface area contributed by atoms with Crippen molar-refractivity contribution in [1.29, 1.82) is 0 Å². The molecule has 0 saturated carbocycles. The summed E-state index contributed by atoms with van der Waals surface area (Å²) in [4.78, 5) is 26.5. The molecule has 0 aromatic heterocycles. The zero-order chi connectivity index (χ0) is 15.7. The van der Waals surface area contributed by atoms with Crippen molar-refractivity contribution in [1.82, 2.24) is 4.90 Å². The lowest BCUT2D eigenvalue weighted by Gasteiger charge is -2.34. The number of Topliss-reactive ketones (excluding diaryl/α,β-unsaturated/α-hetero) is 1. The minimum atomic E-state index is -0.254. The lowest BCUT2D eigenvalue weighted by atomic mass is 9.89. The number of aliphatic hydroxyl groups excluding tert-OH is 1. The minimum absolute atomic E-state index is 0.0380. The number of likely N-dealkylation sites (tertiary alicyclic amines) is 1. The molecule has 0 spiro atoms. The van der Waals surface area contributed by atoms with E-state index in [-0.39, 0.29) is 17.8 Å². The van der Waals surface area contributed by atoms with E-state index in [1.165, 1.54) is 0 Å². The van der Waals surface area contributed by atoms with Crippen molar-refractivity contribution in [2.75, 3.05) is 13.1 Å². The first-order chi connectivity index (χ1) is 10.6. The lowest BCUT2D eigenvalue weighted by Crippen LogP contribution is -2.41. The number of ketones is 1. The van der Waals surface area contributed by atoms with Gasteiger partial charge in [-0.3, -0.25) is 9.59 Å². The Labute approximate surface area is 131 Å². The van der Waals surface area contributed by atoms with E-state index >= 15 is 0 Å². The Kier molecular flexibility index (Phi) is 4.30. The number of amides is 1. The van der Waals surface area contributed by atoms with Gasteiger partial charge in [0.25, 0.3) is 5.91 Å². The van der Waals surface area contributed by atoms with Crippen molar-refractivity contribution >= 4 is 11.7 Å². The highest BCUT2D eigenvalue weighted by molar-refractivity contribution is 6.05. The largest absolute Gasteiger partial charge is 0.393 e. The summed E-state index contributed by atoms with van der Waals surface area (Å²) in [5.74, 6) is 0.488. The van der Waals surface area contributed by atoms with E-state index in [4.69, 9.17) is 0 Å². The Hall–Kier alpha value is -1.68. The molecule has 1 aliphatic carbocycles. The lowest BCUT2D eigenvalue weighted by molar-refractivity contribution is 0.0453. The van der Waals surface area contributed by atoms with Crippen LogP contribution in [0.15, 0.2) is 18.2 Å². The average Bonchev–Trinajstić information content (AvgIpc) is 2.95. The molecule has 22 heavy (non-hydrogen) atoms. The molecule has 3 rings (SSSR count). The summed E-state index contributed by atoms with van der Waals surface area (Å²) in [7, 11) is 0. The number of carbonyl (C=O) groups is 2. The molecule has 1 atom stereocenters. The number of carbonyl (C=O) groups excluding carboxylic acids is 2. The zero-order valence-electron chi connectivity index (χ0n) is 13.0. The second-order valence-corrected chi connectivity index (χ2v) is 6.36. The molecule has 4 nitrogen and oxygen atoms in total. The molecule has 0 unspecified atom stereocenters. The summed E-state index contributed by atoms with van der Waals surface area (Å²) < 4.78 is 0. The third-order valence-electron chi connectivity index (χ3n) is 5.10. The number of aliphatic hydroxyl groups is 1. The maximum Gasteiger partial charge on any atom is 0.254 e. The van der Waals surface area contributed by atoms with Crippen molar-refractivity contribution in [3.05, 3.63) is 34.9 Å². The highest BCUT2D eigenvalue weighted by atomic mass is 16.3. The Balaban J connectivity index is 1.73. The van der Waals surface area contributed by atoms with Gasteiger partial charge in [-0.2, -0.15) is 0 Å². The molecule has 1 aromatic carbocycles. The molecule has 1 fully saturated rings. The quantitative estimate of drug-likeness (QED) is 0.933. The zero-order valence-corrected chi connectivity index (χ0v) is 13.0. The minimum Gasteiger partial charge on any atom is -0.393 e. The van der Waals surface area contributed by atoms with E-state index in [0.29, 0.717) is 37.4 Å². The molecule has 118 valence electrons. The number of piperidine rings is 1. The van der Waals surface area contributed by atoms with E-state index in [9.17, 15) is 14.7 Å². The molecule has 0 bridgehead atoms. The molecule has 0 radical (unpaired) electrons. The summed E-state index contributed by atoms with van der Waals surface area (Å²) in [5.41, 5.74) is 2.34. The predicted octanol–water partition coefficient (Wildman–Crippen LogP) is 2.44. The van der Waals surface area contributed by atoms with E-state index in [1.54, 1.807) is 0 Å². The third-order valence-corrected chi connectivity index (χ3v) is 5.10. The first-order valence-corrected chi connectivity index (χ1v) is 8.24. The van der Waals surface area contributed by atoms with E-state index in [2.05, 4.69) is 0 Å². The second kappa shape index (κ2) is 6.21. The van der Waals surface area contributed by atoms with Crippen LogP contribution in [-0.4, -0.2) is 40.9 Å². The SMILES string of the molecule is CC[C@@H](O)C1CCN(C(=O)c2cccc3c2CCC3=O)CC1. The van der Waals surface area contributed by atoms with Gasteiger partial charge >= 0.3 is 0 Å². The smallest absolute Gasteiger partial charge is 0.254 e. The van der Waals surface area contributed by atoms with Crippen LogP contribution in [0.2, 0.25) is 0 Å². The average molecular weight is 301 g/mol. The van der Waals surface area contributed by atoms with Gasteiger partial charge in [0.15, 0.2) is 5.78 Å². The van der Waals surface area contributed by atoms with Crippen LogP contribution in [0.25, 0.3) is 0 Å². The third kappa shape index (κ3) is 2.68. The van der Waals surface area contributed by atoms with Gasteiger partial charge in [-0.25, -0.2) is 0 Å². The van der Waals surface area contributed by atoms with Crippen LogP contribution >= 0.6 is 0 Å². The van der Waals surface area contributed by atoms with Gasteiger partial charge in [-0.05, 0) is 43.2 Å². The Morgan fingerprint density at radius 1 is 1.32 bits per heavy atom. The highest BCUT2D eigenvalue weighted by Crippen LogP contribution is 2.28. The molecule has 1 heterocycles. The van der Waals surface area contributed by atoms with Gasteiger partial charge in [0, 0.05) is 30.6 Å². The van der Waals surface area contributed by atoms with Crippen LogP contribution in [0.3, 0.4) is 0 Å². The molecular formula is C18H23NO3. The highest BCUT2D eigenvalue weighted by Gasteiger charge is 2.30. The molecule has 4 heteroatoms. The number of benzene rings is 1. The fourth-order valence-corrected chi connectivity index (χ4v) is 3.68. The van der Waals surface area contributed by atoms with Crippen LogP contribution in [0, 0.1) is 5.92 Å². The molecule has 1 saturated heterocycles. The number of rotatable bonds is 3.